The van der Waals surface area contributed by atoms with Gasteiger partial charge in [-0.3, -0.25) is 10.1 Å². The number of imide groups is 1. The Bertz CT molecular complexity index is 540. The zero-order chi connectivity index (χ0) is 17.6. The van der Waals surface area contributed by atoms with Crippen LogP contribution >= 0.6 is 34.9 Å². The summed E-state index contributed by atoms with van der Waals surface area (Å²) in [6, 6.07) is -0.486. The van der Waals surface area contributed by atoms with E-state index in [9.17, 15) is 9.59 Å². The van der Waals surface area contributed by atoms with E-state index in [0.29, 0.717) is 5.92 Å². The summed E-state index contributed by atoms with van der Waals surface area (Å²) in [6.07, 6.45) is 0. The minimum atomic E-state index is -0.486. The van der Waals surface area contributed by atoms with Gasteiger partial charge in [-0.05, 0) is 33.6 Å². The molecule has 1 aromatic heterocycles. The van der Waals surface area contributed by atoms with Crippen molar-refractivity contribution in [3.63, 3.8) is 0 Å². The molecule has 9 heteroatoms. The van der Waals surface area contributed by atoms with Crippen LogP contribution < -0.4 is 10.6 Å². The number of hydrogen-bond acceptors (Lipinski definition) is 7. The second kappa shape index (κ2) is 8.89. The van der Waals surface area contributed by atoms with Crippen LogP contribution in [0.15, 0.2) is 8.68 Å². The highest BCUT2D eigenvalue weighted by molar-refractivity contribution is 8.03. The first-order valence-electron chi connectivity index (χ1n) is 7.33. The molecule has 0 aromatic carbocycles. The summed E-state index contributed by atoms with van der Waals surface area (Å²) >= 11 is 4.45. The van der Waals surface area contributed by atoms with Gasteiger partial charge in [-0.1, -0.05) is 48.7 Å². The molecule has 0 unspecified atom stereocenters. The number of nitrogens with one attached hydrogen (secondary N) is 2. The number of amides is 3. The Morgan fingerprint density at radius 1 is 1.17 bits per heavy atom. The number of hydrogen-bond donors (Lipinski definition) is 2. The van der Waals surface area contributed by atoms with Crippen LogP contribution in [0.2, 0.25) is 0 Å². The van der Waals surface area contributed by atoms with E-state index in [-0.39, 0.29) is 11.4 Å². The molecule has 1 aromatic rings. The van der Waals surface area contributed by atoms with Gasteiger partial charge in [-0.25, -0.2) is 4.79 Å². The second-order valence-electron chi connectivity index (χ2n) is 6.49. The van der Waals surface area contributed by atoms with Crippen molar-refractivity contribution in [2.45, 2.75) is 61.0 Å². The topological polar surface area (TPSA) is 84.0 Å². The van der Waals surface area contributed by atoms with E-state index in [1.165, 1.54) is 23.1 Å². The van der Waals surface area contributed by atoms with Gasteiger partial charge in [0, 0.05) is 11.3 Å². The molecule has 130 valence electrons. The molecular formula is C14H24N4O2S3. The van der Waals surface area contributed by atoms with E-state index in [4.69, 9.17) is 0 Å². The van der Waals surface area contributed by atoms with Crippen molar-refractivity contribution in [2.24, 2.45) is 5.92 Å². The van der Waals surface area contributed by atoms with Crippen molar-refractivity contribution in [1.29, 1.82) is 0 Å². The van der Waals surface area contributed by atoms with Gasteiger partial charge in [-0.15, -0.1) is 10.2 Å². The molecule has 0 aliphatic carbocycles. The molecule has 0 saturated carbocycles. The van der Waals surface area contributed by atoms with Gasteiger partial charge >= 0.3 is 6.03 Å². The Morgan fingerprint density at radius 2 is 1.78 bits per heavy atom. The van der Waals surface area contributed by atoms with Gasteiger partial charge < -0.3 is 5.32 Å². The molecule has 3 amide bonds. The highest BCUT2D eigenvalue weighted by Crippen LogP contribution is 2.31. The number of urea groups is 1. The fourth-order valence-corrected chi connectivity index (χ4v) is 4.47. The van der Waals surface area contributed by atoms with Gasteiger partial charge in [0.2, 0.25) is 5.91 Å². The van der Waals surface area contributed by atoms with E-state index in [2.05, 4.69) is 34.7 Å². The minimum Gasteiger partial charge on any atom is -0.333 e. The molecule has 0 radical (unpaired) electrons. The molecule has 2 N–H and O–H groups in total. The standard InChI is InChI=1S/C14H24N4O2S3/c1-8(2)7-21-12-17-18-13(23-12)22-9(3)10(19)15-11(20)16-14(4,5)6/h8-9H,7H2,1-6H3,(H2,15,16,19,20)/t9-/m1/s1. The van der Waals surface area contributed by atoms with Crippen molar-refractivity contribution >= 4 is 46.8 Å². The lowest BCUT2D eigenvalue weighted by molar-refractivity contribution is -0.119. The molecule has 6 nitrogen and oxygen atoms in total. The number of carbonyl (C=O) groups excluding carboxylic acids is 2. The van der Waals surface area contributed by atoms with Crippen molar-refractivity contribution in [1.82, 2.24) is 20.8 Å². The molecule has 0 aliphatic rings. The third-order valence-electron chi connectivity index (χ3n) is 2.30. The van der Waals surface area contributed by atoms with Crippen LogP contribution in [0.25, 0.3) is 0 Å². The average molecular weight is 377 g/mol. The molecule has 0 aliphatic heterocycles. The maximum Gasteiger partial charge on any atom is 0.321 e. The lowest BCUT2D eigenvalue weighted by Gasteiger charge is -2.20. The van der Waals surface area contributed by atoms with Crippen molar-refractivity contribution in [3.8, 4) is 0 Å². The highest BCUT2D eigenvalue weighted by Gasteiger charge is 2.21. The molecule has 1 rings (SSSR count). The molecule has 23 heavy (non-hydrogen) atoms. The zero-order valence-electron chi connectivity index (χ0n) is 14.3. The summed E-state index contributed by atoms with van der Waals surface area (Å²) < 4.78 is 1.63. The Labute approximate surface area is 150 Å². The number of nitrogens with zero attached hydrogens (tertiary/aromatic N) is 2. The lowest BCUT2D eigenvalue weighted by atomic mass is 10.1. The van der Waals surface area contributed by atoms with E-state index in [1.54, 1.807) is 18.7 Å². The zero-order valence-corrected chi connectivity index (χ0v) is 16.7. The van der Waals surface area contributed by atoms with Crippen LogP contribution in [0.1, 0.15) is 41.5 Å². The summed E-state index contributed by atoms with van der Waals surface area (Å²) in [7, 11) is 0. The van der Waals surface area contributed by atoms with E-state index >= 15 is 0 Å². The monoisotopic (exact) mass is 376 g/mol. The Kier molecular flexibility index (Phi) is 7.82. The molecule has 1 heterocycles. The van der Waals surface area contributed by atoms with Crippen molar-refractivity contribution in [2.75, 3.05) is 5.75 Å². The predicted molar refractivity (Wildman–Crippen MR) is 97.2 cm³/mol. The molecule has 1 atom stereocenters. The van der Waals surface area contributed by atoms with Crippen LogP contribution in [0.3, 0.4) is 0 Å². The molecule has 0 saturated heterocycles. The van der Waals surface area contributed by atoms with Crippen LogP contribution in [0.5, 0.6) is 0 Å². The van der Waals surface area contributed by atoms with E-state index in [0.717, 1.165) is 14.4 Å². The van der Waals surface area contributed by atoms with Gasteiger partial charge in [0.25, 0.3) is 0 Å². The minimum absolute atomic E-state index is 0.344. The third-order valence-corrected chi connectivity index (χ3v) is 5.97. The highest BCUT2D eigenvalue weighted by atomic mass is 32.2. The summed E-state index contributed by atoms with van der Waals surface area (Å²) in [4.78, 5) is 23.7. The Morgan fingerprint density at radius 3 is 2.35 bits per heavy atom. The maximum atomic E-state index is 12.0. The van der Waals surface area contributed by atoms with Crippen LogP contribution in [0.4, 0.5) is 4.79 Å². The van der Waals surface area contributed by atoms with Crippen molar-refractivity contribution < 1.29 is 9.59 Å². The van der Waals surface area contributed by atoms with Gasteiger partial charge in [-0.2, -0.15) is 0 Å². The predicted octanol–water partition coefficient (Wildman–Crippen LogP) is 3.39. The van der Waals surface area contributed by atoms with E-state index < -0.39 is 11.3 Å². The number of thioether (sulfide) groups is 2. The number of carbonyl (C=O) groups is 2. The second-order valence-corrected chi connectivity index (χ2v) is 10.3. The van der Waals surface area contributed by atoms with Gasteiger partial charge in [0.15, 0.2) is 8.68 Å². The first-order valence-corrected chi connectivity index (χ1v) is 10.0. The molecule has 0 spiro atoms. The summed E-state index contributed by atoms with van der Waals surface area (Å²) in [5.74, 6) is 1.23. The third kappa shape index (κ3) is 8.57. The fourth-order valence-electron chi connectivity index (χ4n) is 1.33. The summed E-state index contributed by atoms with van der Waals surface area (Å²) in [6.45, 7) is 11.6. The first kappa shape index (κ1) is 20.2. The lowest BCUT2D eigenvalue weighted by Crippen LogP contribution is -2.49. The summed E-state index contributed by atoms with van der Waals surface area (Å²) in [5, 5.41) is 12.8. The van der Waals surface area contributed by atoms with Crippen LogP contribution in [0, 0.1) is 5.92 Å². The number of aromatic nitrogens is 2. The normalized spacial score (nSPS) is 13.0. The largest absolute Gasteiger partial charge is 0.333 e. The Hall–Kier alpha value is -0.800. The van der Waals surface area contributed by atoms with Crippen LogP contribution in [-0.4, -0.2) is 38.7 Å². The molecular weight excluding hydrogens is 352 g/mol. The van der Waals surface area contributed by atoms with Gasteiger partial charge in [0.05, 0.1) is 5.25 Å². The van der Waals surface area contributed by atoms with Crippen LogP contribution in [-0.2, 0) is 4.79 Å². The number of rotatable bonds is 6. The Balaban J connectivity index is 2.47. The smallest absolute Gasteiger partial charge is 0.321 e. The van der Waals surface area contributed by atoms with Crippen molar-refractivity contribution in [3.05, 3.63) is 0 Å². The average Bonchev–Trinajstić information content (AvgIpc) is 2.81. The quantitative estimate of drug-likeness (QED) is 0.740. The first-order chi connectivity index (χ1) is 10.6. The molecule has 0 bridgehead atoms. The maximum absolute atomic E-state index is 12.0. The van der Waals surface area contributed by atoms with Gasteiger partial charge in [0.1, 0.15) is 0 Å². The summed E-state index contributed by atoms with van der Waals surface area (Å²) in [5.41, 5.74) is -0.386. The van der Waals surface area contributed by atoms with E-state index in [1.807, 2.05) is 20.8 Å². The fraction of sp³-hybridized carbons (Fsp3) is 0.714. The SMILES string of the molecule is CC(C)CSc1nnc(S[C@H](C)C(=O)NC(=O)NC(C)(C)C)s1. The molecule has 0 fully saturated rings.